The number of carbonyl (C=O) groups is 2. The van der Waals surface area contributed by atoms with Crippen LogP contribution in [0, 0.1) is 0 Å². The smallest absolute Gasteiger partial charge is 0.287 e. The SMILES string of the molecule is CCN1C[C@H](C)n2c(c(OC)c3c(=O)[nH]nc(C(=O)NN)c32)C1=O. The van der Waals surface area contributed by atoms with Gasteiger partial charge in [-0.25, -0.2) is 10.9 Å². The molecule has 2 aromatic heterocycles. The maximum Gasteiger partial charge on any atom is 0.287 e. The Balaban J connectivity index is 2.49. The van der Waals surface area contributed by atoms with Crippen molar-refractivity contribution in [2.24, 2.45) is 5.84 Å². The van der Waals surface area contributed by atoms with Crippen LogP contribution < -0.4 is 21.6 Å². The molecule has 0 fully saturated rings. The molecule has 0 radical (unpaired) electrons. The van der Waals surface area contributed by atoms with E-state index in [1.165, 1.54) is 7.11 Å². The molecule has 2 aromatic rings. The van der Waals surface area contributed by atoms with Crippen LogP contribution in [0.4, 0.5) is 0 Å². The van der Waals surface area contributed by atoms with Gasteiger partial charge in [-0.1, -0.05) is 0 Å². The molecule has 0 saturated carbocycles. The summed E-state index contributed by atoms with van der Waals surface area (Å²) in [5.74, 6) is 4.41. The lowest BCUT2D eigenvalue weighted by molar-refractivity contribution is 0.0685. The highest BCUT2D eigenvalue weighted by Gasteiger charge is 2.37. The summed E-state index contributed by atoms with van der Waals surface area (Å²) in [6.07, 6.45) is 0. The van der Waals surface area contributed by atoms with Crippen molar-refractivity contribution in [3.05, 3.63) is 21.7 Å². The topological polar surface area (TPSA) is 135 Å². The molecule has 24 heavy (non-hydrogen) atoms. The summed E-state index contributed by atoms with van der Waals surface area (Å²) in [7, 11) is 1.38. The number of fused-ring (bicyclic) bond motifs is 3. The number of nitrogen functional groups attached to an aromatic ring is 1. The lowest BCUT2D eigenvalue weighted by atomic mass is 10.2. The molecule has 3 rings (SSSR count). The van der Waals surface area contributed by atoms with E-state index in [0.717, 1.165) is 0 Å². The van der Waals surface area contributed by atoms with E-state index in [-0.39, 0.29) is 40.0 Å². The highest BCUT2D eigenvalue weighted by Crippen LogP contribution is 2.38. The number of hydrogen-bond donors (Lipinski definition) is 3. The summed E-state index contributed by atoms with van der Waals surface area (Å²) in [5.41, 5.74) is 1.87. The van der Waals surface area contributed by atoms with Gasteiger partial charge in [0, 0.05) is 19.1 Å². The molecule has 0 unspecified atom stereocenters. The van der Waals surface area contributed by atoms with E-state index in [9.17, 15) is 14.4 Å². The normalized spacial score (nSPS) is 17.1. The summed E-state index contributed by atoms with van der Waals surface area (Å²) in [4.78, 5) is 38.8. The maximum absolute atomic E-state index is 12.8. The Bertz CT molecular complexity index is 899. The number of rotatable bonds is 3. The van der Waals surface area contributed by atoms with Gasteiger partial charge in [-0.15, -0.1) is 0 Å². The minimum absolute atomic E-state index is 0.0683. The van der Waals surface area contributed by atoms with Crippen LogP contribution in [0.2, 0.25) is 0 Å². The lowest BCUT2D eigenvalue weighted by Crippen LogP contribution is -2.42. The highest BCUT2D eigenvalue weighted by molar-refractivity contribution is 6.10. The van der Waals surface area contributed by atoms with Gasteiger partial charge in [0.15, 0.2) is 17.1 Å². The van der Waals surface area contributed by atoms with Crippen LogP contribution in [0.15, 0.2) is 4.79 Å². The molecule has 0 saturated heterocycles. The van der Waals surface area contributed by atoms with Crippen molar-refractivity contribution < 1.29 is 14.3 Å². The molecule has 0 spiro atoms. The molecule has 2 amide bonds. The van der Waals surface area contributed by atoms with Gasteiger partial charge >= 0.3 is 0 Å². The van der Waals surface area contributed by atoms with Crippen molar-refractivity contribution in [1.29, 1.82) is 0 Å². The third kappa shape index (κ3) is 1.99. The second-order valence-corrected chi connectivity index (χ2v) is 5.54. The fourth-order valence-corrected chi connectivity index (χ4v) is 3.20. The summed E-state index contributed by atoms with van der Waals surface area (Å²) in [5, 5.41) is 6.17. The Labute approximate surface area is 136 Å². The zero-order valence-electron chi connectivity index (χ0n) is 13.5. The highest BCUT2D eigenvalue weighted by atomic mass is 16.5. The van der Waals surface area contributed by atoms with Crippen LogP contribution in [-0.4, -0.2) is 51.7 Å². The summed E-state index contributed by atoms with van der Waals surface area (Å²) < 4.78 is 6.98. The summed E-state index contributed by atoms with van der Waals surface area (Å²) >= 11 is 0. The van der Waals surface area contributed by atoms with Crippen LogP contribution in [0.5, 0.6) is 5.75 Å². The standard InChI is InChI=1S/C14H18N6O4/c1-4-19-5-6(2)20-9-7(11(24-3)10(20)14(19)23)12(21)18-17-8(9)13(22)16-15/h6H,4-5,15H2,1-3H3,(H,16,22)(H,18,21)/t6-/m0/s1. The number of nitrogens with zero attached hydrogens (tertiary/aromatic N) is 3. The van der Waals surface area contributed by atoms with E-state index in [1.807, 2.05) is 19.3 Å². The number of carbonyl (C=O) groups excluding carboxylic acids is 2. The number of amides is 2. The first kappa shape index (κ1) is 16.0. The third-order valence-electron chi connectivity index (χ3n) is 4.23. The number of nitrogens with two attached hydrogens (primary N) is 1. The van der Waals surface area contributed by atoms with Gasteiger partial charge in [0.2, 0.25) is 0 Å². The third-order valence-corrected chi connectivity index (χ3v) is 4.23. The number of aromatic amines is 1. The van der Waals surface area contributed by atoms with E-state index in [2.05, 4.69) is 10.2 Å². The van der Waals surface area contributed by atoms with Crippen LogP contribution >= 0.6 is 0 Å². The predicted octanol–water partition coefficient (Wildman–Crippen LogP) is -0.627. The molecule has 128 valence electrons. The van der Waals surface area contributed by atoms with Crippen molar-refractivity contribution in [2.75, 3.05) is 20.2 Å². The molecule has 3 heterocycles. The first-order chi connectivity index (χ1) is 11.5. The van der Waals surface area contributed by atoms with Crippen LogP contribution in [0.3, 0.4) is 0 Å². The average molecular weight is 334 g/mol. The second-order valence-electron chi connectivity index (χ2n) is 5.54. The Morgan fingerprint density at radius 3 is 2.79 bits per heavy atom. The fraction of sp³-hybridized carbons (Fsp3) is 0.429. The average Bonchev–Trinajstić information content (AvgIpc) is 2.94. The van der Waals surface area contributed by atoms with Crippen molar-refractivity contribution in [3.8, 4) is 5.75 Å². The number of likely N-dealkylation sites (N-methyl/N-ethyl adjacent to an activating group) is 1. The number of aromatic nitrogens is 3. The van der Waals surface area contributed by atoms with E-state index >= 15 is 0 Å². The first-order valence-electron chi connectivity index (χ1n) is 7.46. The lowest BCUT2D eigenvalue weighted by Gasteiger charge is -2.32. The number of nitrogens with one attached hydrogen (secondary N) is 2. The molecule has 0 bridgehead atoms. The van der Waals surface area contributed by atoms with E-state index in [4.69, 9.17) is 10.6 Å². The van der Waals surface area contributed by atoms with Gasteiger partial charge in [-0.3, -0.25) is 19.8 Å². The molecule has 1 aliphatic heterocycles. The van der Waals surface area contributed by atoms with Crippen LogP contribution in [-0.2, 0) is 0 Å². The quantitative estimate of drug-likeness (QED) is 0.389. The molecule has 1 atom stereocenters. The number of hydrazine groups is 1. The molecule has 10 nitrogen and oxygen atoms in total. The molecular weight excluding hydrogens is 316 g/mol. The Kier molecular flexibility index (Phi) is 3.76. The fourth-order valence-electron chi connectivity index (χ4n) is 3.20. The molecule has 10 heteroatoms. The monoisotopic (exact) mass is 334 g/mol. The van der Waals surface area contributed by atoms with Crippen molar-refractivity contribution in [3.63, 3.8) is 0 Å². The largest absolute Gasteiger partial charge is 0.493 e. The van der Waals surface area contributed by atoms with Gasteiger partial charge in [-0.2, -0.15) is 5.10 Å². The Hall–Kier alpha value is -2.88. The first-order valence-corrected chi connectivity index (χ1v) is 7.46. The molecular formula is C14H18N6O4. The van der Waals surface area contributed by atoms with Gasteiger partial charge in [-0.05, 0) is 13.8 Å². The summed E-state index contributed by atoms with van der Waals surface area (Å²) in [6, 6.07) is -0.169. The van der Waals surface area contributed by atoms with Gasteiger partial charge in [0.25, 0.3) is 17.4 Å². The zero-order valence-corrected chi connectivity index (χ0v) is 13.5. The van der Waals surface area contributed by atoms with Crippen molar-refractivity contribution >= 4 is 22.7 Å². The second kappa shape index (κ2) is 5.64. The number of ether oxygens (including phenoxy) is 1. The Morgan fingerprint density at radius 1 is 1.50 bits per heavy atom. The van der Waals surface area contributed by atoms with Crippen LogP contribution in [0.25, 0.3) is 10.9 Å². The van der Waals surface area contributed by atoms with E-state index < -0.39 is 11.5 Å². The molecule has 0 aromatic carbocycles. The van der Waals surface area contributed by atoms with Crippen molar-refractivity contribution in [2.45, 2.75) is 19.9 Å². The minimum Gasteiger partial charge on any atom is -0.493 e. The maximum atomic E-state index is 12.8. The van der Waals surface area contributed by atoms with Gasteiger partial charge < -0.3 is 14.2 Å². The van der Waals surface area contributed by atoms with Crippen molar-refractivity contribution in [1.82, 2.24) is 25.1 Å². The van der Waals surface area contributed by atoms with Gasteiger partial charge in [0.05, 0.1) is 12.6 Å². The minimum atomic E-state index is -0.670. The van der Waals surface area contributed by atoms with E-state index in [0.29, 0.717) is 13.1 Å². The van der Waals surface area contributed by atoms with E-state index in [1.54, 1.807) is 9.47 Å². The number of hydrogen-bond acceptors (Lipinski definition) is 6. The van der Waals surface area contributed by atoms with Crippen LogP contribution in [0.1, 0.15) is 40.9 Å². The van der Waals surface area contributed by atoms with Gasteiger partial charge in [0.1, 0.15) is 5.39 Å². The summed E-state index contributed by atoms with van der Waals surface area (Å²) in [6.45, 7) is 4.74. The molecule has 1 aliphatic rings. The predicted molar refractivity (Wildman–Crippen MR) is 84.8 cm³/mol. The molecule has 4 N–H and O–H groups in total. The number of H-pyrrole nitrogens is 1. The zero-order chi connectivity index (χ0) is 17.6. The Morgan fingerprint density at radius 2 is 2.21 bits per heavy atom. The number of methoxy groups -OCH3 is 1. The molecule has 0 aliphatic carbocycles.